The molecule has 0 saturated carbocycles. The summed E-state index contributed by atoms with van der Waals surface area (Å²) < 4.78 is 10.2. The Bertz CT molecular complexity index is 662. The van der Waals surface area contributed by atoms with Gasteiger partial charge in [0.15, 0.2) is 0 Å². The Morgan fingerprint density at radius 2 is 1.23 bits per heavy atom. The van der Waals surface area contributed by atoms with Crippen molar-refractivity contribution < 1.29 is 33.9 Å². The fourth-order valence-electron chi connectivity index (χ4n) is 3.83. The van der Waals surface area contributed by atoms with E-state index in [4.69, 9.17) is 9.47 Å². The van der Waals surface area contributed by atoms with Crippen molar-refractivity contribution in [1.29, 1.82) is 0 Å². The SMILES string of the molecule is CCCCCCCCCCCCCCCCCCOC(=O)OOOC(=O)c1cccc(OCC)c1. The minimum atomic E-state index is -1.04. The molecule has 35 heavy (non-hydrogen) atoms. The lowest BCUT2D eigenvalue weighted by atomic mass is 10.0. The number of ether oxygens (including phenoxy) is 2. The fourth-order valence-corrected chi connectivity index (χ4v) is 3.83. The number of carbonyl (C=O) groups is 2. The second-order valence-electron chi connectivity index (χ2n) is 8.88. The summed E-state index contributed by atoms with van der Waals surface area (Å²) in [4.78, 5) is 32.1. The third-order valence-electron chi connectivity index (χ3n) is 5.81. The molecule has 0 heterocycles. The molecule has 1 rings (SSSR count). The van der Waals surface area contributed by atoms with Gasteiger partial charge >= 0.3 is 12.1 Å². The molecule has 0 N–H and O–H groups in total. The van der Waals surface area contributed by atoms with Crippen LogP contribution >= 0.6 is 0 Å². The van der Waals surface area contributed by atoms with E-state index in [1.807, 2.05) is 6.92 Å². The Balaban J connectivity index is 1.87. The van der Waals surface area contributed by atoms with E-state index < -0.39 is 12.1 Å². The number of hydrogen-bond donors (Lipinski definition) is 0. The highest BCUT2D eigenvalue weighted by atomic mass is 17.5. The maximum Gasteiger partial charge on any atom is 0.543 e. The van der Waals surface area contributed by atoms with Crippen molar-refractivity contribution in [2.45, 2.75) is 117 Å². The van der Waals surface area contributed by atoms with E-state index >= 15 is 0 Å². The van der Waals surface area contributed by atoms with Gasteiger partial charge in [-0.15, -0.1) is 0 Å². The van der Waals surface area contributed by atoms with Crippen LogP contribution in [-0.2, 0) is 19.6 Å². The highest BCUT2D eigenvalue weighted by Gasteiger charge is 2.13. The molecule has 7 heteroatoms. The summed E-state index contributed by atoms with van der Waals surface area (Å²) in [6, 6.07) is 6.40. The second-order valence-corrected chi connectivity index (χ2v) is 8.88. The van der Waals surface area contributed by atoms with Crippen LogP contribution in [0.1, 0.15) is 127 Å². The minimum Gasteiger partial charge on any atom is -0.494 e. The van der Waals surface area contributed by atoms with Gasteiger partial charge < -0.3 is 9.47 Å². The molecular weight excluding hydrogens is 448 g/mol. The van der Waals surface area contributed by atoms with E-state index in [1.165, 1.54) is 95.6 Å². The van der Waals surface area contributed by atoms with E-state index in [9.17, 15) is 9.59 Å². The van der Waals surface area contributed by atoms with Crippen LogP contribution in [0.5, 0.6) is 5.75 Å². The van der Waals surface area contributed by atoms with Crippen LogP contribution in [0.25, 0.3) is 0 Å². The first-order valence-electron chi connectivity index (χ1n) is 13.6. The lowest BCUT2D eigenvalue weighted by molar-refractivity contribution is -0.452. The van der Waals surface area contributed by atoms with Gasteiger partial charge in [-0.2, -0.15) is 0 Å². The highest BCUT2D eigenvalue weighted by molar-refractivity contribution is 5.89. The zero-order chi connectivity index (χ0) is 25.4. The standard InChI is InChI=1S/C28H46O7/c1-3-5-6-7-8-9-10-11-12-13-14-15-16-17-18-19-23-32-28(30)34-35-33-27(29)25-21-20-22-26(24-25)31-4-2/h20-22,24H,3-19,23H2,1-2H3. The maximum atomic E-state index is 11.9. The molecule has 0 fully saturated rings. The van der Waals surface area contributed by atoms with E-state index in [0.29, 0.717) is 12.4 Å². The van der Waals surface area contributed by atoms with Gasteiger partial charge in [0.05, 0.1) is 23.8 Å². The topological polar surface area (TPSA) is 80.3 Å². The van der Waals surface area contributed by atoms with E-state index in [-0.39, 0.29) is 12.2 Å². The Kier molecular flexibility index (Phi) is 19.5. The Labute approximate surface area is 211 Å². The predicted molar refractivity (Wildman–Crippen MR) is 136 cm³/mol. The number of rotatable bonds is 22. The smallest absolute Gasteiger partial charge is 0.494 e. The van der Waals surface area contributed by atoms with Crippen molar-refractivity contribution in [1.82, 2.24) is 0 Å². The highest BCUT2D eigenvalue weighted by Crippen LogP contribution is 2.15. The summed E-state index contributed by atoms with van der Waals surface area (Å²) in [5.74, 6) is -0.279. The van der Waals surface area contributed by atoms with E-state index in [0.717, 1.165) is 19.3 Å². The van der Waals surface area contributed by atoms with E-state index in [2.05, 4.69) is 21.7 Å². The maximum absolute atomic E-state index is 11.9. The number of hydrogen-bond acceptors (Lipinski definition) is 7. The molecule has 0 spiro atoms. The number of benzene rings is 1. The summed E-state index contributed by atoms with van der Waals surface area (Å²) in [5.41, 5.74) is 0.209. The first-order valence-corrected chi connectivity index (χ1v) is 13.6. The van der Waals surface area contributed by atoms with Crippen LogP contribution in [0, 0.1) is 0 Å². The van der Waals surface area contributed by atoms with Crippen molar-refractivity contribution in [3.8, 4) is 5.75 Å². The summed E-state index contributed by atoms with van der Waals surface area (Å²) in [6.45, 7) is 4.82. The van der Waals surface area contributed by atoms with Crippen LogP contribution in [-0.4, -0.2) is 25.3 Å². The van der Waals surface area contributed by atoms with Crippen molar-refractivity contribution in [3.63, 3.8) is 0 Å². The van der Waals surface area contributed by atoms with Gasteiger partial charge in [0.1, 0.15) is 5.75 Å². The molecule has 7 nitrogen and oxygen atoms in total. The van der Waals surface area contributed by atoms with Gasteiger partial charge in [0.2, 0.25) is 0 Å². The zero-order valence-corrected chi connectivity index (χ0v) is 21.9. The molecule has 0 aliphatic carbocycles. The first-order chi connectivity index (χ1) is 17.2. The molecule has 0 bridgehead atoms. The average Bonchev–Trinajstić information content (AvgIpc) is 2.86. The molecule has 0 amide bonds. The third kappa shape index (κ3) is 17.8. The van der Waals surface area contributed by atoms with Gasteiger partial charge in [-0.1, -0.05) is 109 Å². The number of unbranched alkanes of at least 4 members (excludes halogenated alkanes) is 15. The second kappa shape index (κ2) is 22.2. The third-order valence-corrected chi connectivity index (χ3v) is 5.81. The quantitative estimate of drug-likeness (QED) is 0.0691. The fraction of sp³-hybridized carbons (Fsp3) is 0.714. The van der Waals surface area contributed by atoms with Crippen molar-refractivity contribution >= 4 is 12.1 Å². The van der Waals surface area contributed by atoms with Gasteiger partial charge in [-0.3, -0.25) is 4.89 Å². The molecule has 1 aromatic rings. The average molecular weight is 495 g/mol. The lowest BCUT2D eigenvalue weighted by Crippen LogP contribution is -2.12. The summed E-state index contributed by atoms with van der Waals surface area (Å²) in [5, 5.41) is 4.23. The summed E-state index contributed by atoms with van der Waals surface area (Å²) >= 11 is 0. The first kappa shape index (κ1) is 30.8. The largest absolute Gasteiger partial charge is 0.543 e. The van der Waals surface area contributed by atoms with Crippen LogP contribution in [0.4, 0.5) is 4.79 Å². The summed E-state index contributed by atoms with van der Waals surface area (Å²) in [6.07, 6.45) is 19.5. The molecule has 1 aromatic carbocycles. The molecule has 200 valence electrons. The van der Waals surface area contributed by atoms with Crippen LogP contribution < -0.4 is 4.74 Å². The monoisotopic (exact) mass is 494 g/mol. The molecule has 0 radical (unpaired) electrons. The Morgan fingerprint density at radius 1 is 0.686 bits per heavy atom. The van der Waals surface area contributed by atoms with Crippen LogP contribution in [0.15, 0.2) is 24.3 Å². The van der Waals surface area contributed by atoms with Crippen molar-refractivity contribution in [2.75, 3.05) is 13.2 Å². The van der Waals surface area contributed by atoms with Crippen LogP contribution in [0.3, 0.4) is 0 Å². The molecule has 0 aromatic heterocycles. The predicted octanol–water partition coefficient (Wildman–Crippen LogP) is 8.50. The minimum absolute atomic E-state index is 0.209. The van der Waals surface area contributed by atoms with Gasteiger partial charge in [0.25, 0.3) is 0 Å². The molecule has 0 saturated heterocycles. The zero-order valence-electron chi connectivity index (χ0n) is 21.9. The molecule has 0 aliphatic heterocycles. The molecule has 0 aliphatic rings. The van der Waals surface area contributed by atoms with Crippen LogP contribution in [0.2, 0.25) is 0 Å². The van der Waals surface area contributed by atoms with Gasteiger partial charge in [-0.05, 0) is 31.5 Å². The lowest BCUT2D eigenvalue weighted by Gasteiger charge is -2.06. The van der Waals surface area contributed by atoms with E-state index in [1.54, 1.807) is 12.1 Å². The molecular formula is C28H46O7. The summed E-state index contributed by atoms with van der Waals surface area (Å²) in [7, 11) is 0. The normalized spacial score (nSPS) is 10.7. The van der Waals surface area contributed by atoms with Crippen molar-refractivity contribution in [3.05, 3.63) is 29.8 Å². The van der Waals surface area contributed by atoms with Gasteiger partial charge in [-0.25, -0.2) is 14.5 Å². The Morgan fingerprint density at radius 3 is 1.77 bits per heavy atom. The van der Waals surface area contributed by atoms with Crippen molar-refractivity contribution in [2.24, 2.45) is 0 Å². The number of carbonyl (C=O) groups excluding carboxylic acids is 2. The molecule has 0 atom stereocenters. The molecule has 0 unspecified atom stereocenters. The van der Waals surface area contributed by atoms with Gasteiger partial charge in [0, 0.05) is 0 Å². The Hall–Kier alpha value is -2.28.